The van der Waals surface area contributed by atoms with E-state index in [0.29, 0.717) is 6.42 Å². The molecule has 0 bridgehead atoms. The molecule has 0 aromatic carbocycles. The molecule has 5 nitrogen and oxygen atoms in total. The van der Waals surface area contributed by atoms with E-state index in [1.54, 1.807) is 6.08 Å². The van der Waals surface area contributed by atoms with Crippen molar-refractivity contribution in [2.75, 3.05) is 0 Å². The molecule has 2 N–H and O–H groups in total. The second kappa shape index (κ2) is 7.59. The van der Waals surface area contributed by atoms with Crippen LogP contribution in [0.25, 0.3) is 5.32 Å². The molecule has 56 valence electrons. The Bertz CT molecular complexity index is 154. The standard InChI is InChI=1S/C4H5NO.CH2O3.Na/c6-4-2-1-3-5-4;2-1(3)4;/h1,3H,2H2,(H,5,6);(H2,2,3,4);/q;;+1/p-1. The molecular formula is C5H6NNaO4. The summed E-state index contributed by atoms with van der Waals surface area (Å²) in [6, 6.07) is 0. The van der Waals surface area contributed by atoms with Crippen molar-refractivity contribution in [1.29, 1.82) is 0 Å². The van der Waals surface area contributed by atoms with Gasteiger partial charge in [-0.1, -0.05) is 0 Å². The maximum Gasteiger partial charge on any atom is 1.00 e. The van der Waals surface area contributed by atoms with E-state index >= 15 is 0 Å². The normalized spacial score (nSPS) is 12.2. The average Bonchev–Trinajstić information content (AvgIpc) is 2.15. The molecule has 1 amide bonds. The van der Waals surface area contributed by atoms with Gasteiger partial charge in [0.25, 0.3) is 0 Å². The van der Waals surface area contributed by atoms with Crippen molar-refractivity contribution < 1.29 is 49.4 Å². The Hall–Kier alpha value is -0.520. The van der Waals surface area contributed by atoms with Gasteiger partial charge in [0.05, 0.1) is 5.91 Å². The Morgan fingerprint density at radius 2 is 2.00 bits per heavy atom. The van der Waals surface area contributed by atoms with Crippen molar-refractivity contribution in [3.8, 4) is 0 Å². The van der Waals surface area contributed by atoms with Crippen LogP contribution in [0.5, 0.6) is 0 Å². The summed E-state index contributed by atoms with van der Waals surface area (Å²) in [4.78, 5) is 18.6. The van der Waals surface area contributed by atoms with Gasteiger partial charge in [0.1, 0.15) is 0 Å². The van der Waals surface area contributed by atoms with Gasteiger partial charge in [-0.25, -0.2) is 4.79 Å². The van der Waals surface area contributed by atoms with Crippen LogP contribution in [-0.4, -0.2) is 22.3 Å². The van der Waals surface area contributed by atoms with Gasteiger partial charge in [0, 0.05) is 6.42 Å². The van der Waals surface area contributed by atoms with Gasteiger partial charge in [-0.05, 0) is 0 Å². The van der Waals surface area contributed by atoms with Crippen LogP contribution < -0.4 is 29.6 Å². The monoisotopic (exact) mass is 167 g/mol. The summed E-state index contributed by atoms with van der Waals surface area (Å²) < 4.78 is 0. The molecule has 0 fully saturated rings. The Kier molecular flexibility index (Phi) is 9.03. The van der Waals surface area contributed by atoms with Gasteiger partial charge in [0.15, 0.2) is 0 Å². The van der Waals surface area contributed by atoms with Crippen LogP contribution in [0.3, 0.4) is 0 Å². The Balaban J connectivity index is 0. The maximum atomic E-state index is 10.0. The molecule has 1 heterocycles. The summed E-state index contributed by atoms with van der Waals surface area (Å²) in [5, 5.41) is 17.4. The molecule has 1 aliphatic heterocycles. The van der Waals surface area contributed by atoms with Gasteiger partial charge in [-0.2, -0.15) is 6.20 Å². The van der Waals surface area contributed by atoms with E-state index in [1.165, 1.54) is 6.20 Å². The Labute approximate surface area is 85.4 Å². The summed E-state index contributed by atoms with van der Waals surface area (Å²) in [5.74, 6) is -0.0324. The zero-order chi connectivity index (χ0) is 7.98. The van der Waals surface area contributed by atoms with Crippen molar-refractivity contribution in [2.24, 2.45) is 0 Å². The minimum atomic E-state index is -1.83. The summed E-state index contributed by atoms with van der Waals surface area (Å²) in [6.07, 6.45) is 1.94. The molecule has 0 aromatic rings. The van der Waals surface area contributed by atoms with Crippen LogP contribution in [-0.2, 0) is 4.79 Å². The van der Waals surface area contributed by atoms with E-state index in [-0.39, 0.29) is 35.5 Å². The van der Waals surface area contributed by atoms with E-state index in [1.807, 2.05) is 0 Å². The summed E-state index contributed by atoms with van der Waals surface area (Å²) >= 11 is 0. The molecule has 6 heteroatoms. The fourth-order valence-corrected chi connectivity index (χ4v) is 0.342. The smallest absolute Gasteiger partial charge is 0.633 e. The predicted molar refractivity (Wildman–Crippen MR) is 32.8 cm³/mol. The molecule has 0 aliphatic carbocycles. The largest absolute Gasteiger partial charge is 1.00 e. The van der Waals surface area contributed by atoms with Crippen LogP contribution in [0.2, 0.25) is 0 Å². The minimum Gasteiger partial charge on any atom is -0.633 e. The van der Waals surface area contributed by atoms with Crippen LogP contribution in [0.15, 0.2) is 12.3 Å². The second-order valence-electron chi connectivity index (χ2n) is 1.39. The number of carbonyl (C=O) groups is 2. The number of hydrogen-bond donors (Lipinski definition) is 2. The molecule has 0 atom stereocenters. The number of carbonyl (C=O) groups excluding carboxylic acids is 1. The van der Waals surface area contributed by atoms with Crippen molar-refractivity contribution >= 4 is 12.1 Å². The molecule has 0 spiro atoms. The first-order valence-corrected chi connectivity index (χ1v) is 2.43. The molecular weight excluding hydrogens is 161 g/mol. The number of nitrogens with zero attached hydrogens (tertiary/aromatic N) is 1. The fourth-order valence-electron chi connectivity index (χ4n) is 0.342. The SMILES string of the molecule is O=C(O)O.O=C1CC=C[N-]1.[Na+]. The van der Waals surface area contributed by atoms with Crippen molar-refractivity contribution in [1.82, 2.24) is 0 Å². The second-order valence-corrected chi connectivity index (χ2v) is 1.39. The molecule has 0 aromatic heterocycles. The van der Waals surface area contributed by atoms with E-state index < -0.39 is 6.16 Å². The van der Waals surface area contributed by atoms with E-state index in [9.17, 15) is 4.79 Å². The third-order valence-electron chi connectivity index (χ3n) is 0.616. The van der Waals surface area contributed by atoms with Crippen LogP contribution >= 0.6 is 0 Å². The topological polar surface area (TPSA) is 88.7 Å². The predicted octanol–water partition coefficient (Wildman–Crippen LogP) is -1.97. The van der Waals surface area contributed by atoms with Crippen LogP contribution in [0.4, 0.5) is 4.79 Å². The first-order chi connectivity index (χ1) is 4.63. The van der Waals surface area contributed by atoms with Crippen LogP contribution in [0, 0.1) is 0 Å². The maximum absolute atomic E-state index is 10.0. The first-order valence-electron chi connectivity index (χ1n) is 2.43. The van der Waals surface area contributed by atoms with Gasteiger partial charge in [0.2, 0.25) is 0 Å². The van der Waals surface area contributed by atoms with Crippen molar-refractivity contribution in [2.45, 2.75) is 6.42 Å². The molecule has 0 saturated heterocycles. The minimum absolute atomic E-state index is 0. The third-order valence-corrected chi connectivity index (χ3v) is 0.616. The van der Waals surface area contributed by atoms with E-state index in [4.69, 9.17) is 15.0 Å². The van der Waals surface area contributed by atoms with Crippen LogP contribution in [0.1, 0.15) is 6.42 Å². The first kappa shape index (κ1) is 13.1. The van der Waals surface area contributed by atoms with Crippen molar-refractivity contribution in [3.63, 3.8) is 0 Å². The zero-order valence-electron chi connectivity index (χ0n) is 6.02. The number of carboxylic acid groups (broad SMARTS) is 2. The zero-order valence-corrected chi connectivity index (χ0v) is 8.02. The van der Waals surface area contributed by atoms with E-state index in [2.05, 4.69) is 5.32 Å². The molecule has 0 unspecified atom stereocenters. The number of rotatable bonds is 0. The Morgan fingerprint density at radius 1 is 1.55 bits per heavy atom. The molecule has 1 rings (SSSR count). The third kappa shape index (κ3) is 12.6. The summed E-state index contributed by atoms with van der Waals surface area (Å²) in [5.41, 5.74) is 0. The van der Waals surface area contributed by atoms with Crippen molar-refractivity contribution in [3.05, 3.63) is 17.6 Å². The molecule has 0 radical (unpaired) electrons. The van der Waals surface area contributed by atoms with Gasteiger partial charge in [-0.15, -0.1) is 6.08 Å². The van der Waals surface area contributed by atoms with Gasteiger partial charge in [-0.3, -0.25) is 0 Å². The molecule has 1 aliphatic rings. The average molecular weight is 167 g/mol. The van der Waals surface area contributed by atoms with Gasteiger partial charge < -0.3 is 20.3 Å². The fraction of sp³-hybridized carbons (Fsp3) is 0.200. The number of hydrogen-bond acceptors (Lipinski definition) is 2. The Morgan fingerprint density at radius 3 is 2.09 bits per heavy atom. The molecule has 11 heavy (non-hydrogen) atoms. The van der Waals surface area contributed by atoms with E-state index in [0.717, 1.165) is 0 Å². The van der Waals surface area contributed by atoms with Gasteiger partial charge >= 0.3 is 35.7 Å². The quantitative estimate of drug-likeness (QED) is 0.409. The molecule has 0 saturated carbocycles. The number of amides is 1. The summed E-state index contributed by atoms with van der Waals surface area (Å²) in [6.45, 7) is 0. The summed E-state index contributed by atoms with van der Waals surface area (Å²) in [7, 11) is 0.